The summed E-state index contributed by atoms with van der Waals surface area (Å²) in [6.45, 7) is 0. The molecule has 0 unspecified atom stereocenters. The normalized spacial score (nSPS) is 19.4. The Kier molecular flexibility index (Phi) is 0.941. The van der Waals surface area contributed by atoms with E-state index < -0.39 is 0 Å². The van der Waals surface area contributed by atoms with Gasteiger partial charge in [-0.2, -0.15) is 0 Å². The van der Waals surface area contributed by atoms with Crippen molar-refractivity contribution in [2.45, 2.75) is 0 Å². The van der Waals surface area contributed by atoms with E-state index in [4.69, 9.17) is 1.37 Å². The molecule has 2 nitrogen and oxygen atoms in total. The van der Waals surface area contributed by atoms with Gasteiger partial charge >= 0.3 is 0 Å². The van der Waals surface area contributed by atoms with Crippen LogP contribution in [0.2, 0.25) is 0 Å². The van der Waals surface area contributed by atoms with E-state index in [-0.39, 0.29) is 6.19 Å². The Hall–Kier alpha value is -1.05. The molecular weight excluding hydrogens is 90.1 g/mol. The Morgan fingerprint density at radius 3 is 3.43 bits per heavy atom. The number of nitrogens with zero attached hydrogens (tertiary/aromatic N) is 1. The zero-order valence-corrected chi connectivity index (χ0v) is 3.66. The summed E-state index contributed by atoms with van der Waals surface area (Å²) < 4.78 is 6.91. The predicted molar refractivity (Wildman–Crippen MR) is 27.9 cm³/mol. The van der Waals surface area contributed by atoms with Crippen LogP contribution in [0.1, 0.15) is 1.37 Å². The average Bonchev–Trinajstić information content (AvgIpc) is 1.94. The van der Waals surface area contributed by atoms with E-state index >= 15 is 0 Å². The first-order valence-corrected chi connectivity index (χ1v) is 1.93. The van der Waals surface area contributed by atoms with Crippen molar-refractivity contribution in [1.29, 1.82) is 0 Å². The molecule has 0 aromatic rings. The molecule has 0 saturated carbocycles. The van der Waals surface area contributed by atoms with Gasteiger partial charge < -0.3 is 4.84 Å². The van der Waals surface area contributed by atoms with Crippen LogP contribution in [-0.2, 0) is 4.84 Å². The first kappa shape index (κ1) is 3.02. The zero-order chi connectivity index (χ0) is 5.82. The van der Waals surface area contributed by atoms with Gasteiger partial charge in [-0.05, 0) is 12.2 Å². The fourth-order valence-corrected chi connectivity index (χ4v) is 0.270. The number of rotatable bonds is 0. The van der Waals surface area contributed by atoms with Crippen LogP contribution < -0.4 is 0 Å². The van der Waals surface area contributed by atoms with Crippen molar-refractivity contribution in [2.75, 3.05) is 0 Å². The summed E-state index contributed by atoms with van der Waals surface area (Å²) >= 11 is 0. The van der Waals surface area contributed by atoms with E-state index in [0.717, 1.165) is 0 Å². The molecule has 1 rings (SSSR count). The second kappa shape index (κ2) is 2.18. The van der Waals surface area contributed by atoms with Crippen molar-refractivity contribution in [2.24, 2.45) is 5.16 Å². The van der Waals surface area contributed by atoms with Gasteiger partial charge in [-0.1, -0.05) is 11.2 Å². The quantitative estimate of drug-likeness (QED) is 0.442. The molecule has 1 aliphatic heterocycles. The highest BCUT2D eigenvalue weighted by molar-refractivity contribution is 5.71. The highest BCUT2D eigenvalue weighted by Crippen LogP contribution is 1.83. The van der Waals surface area contributed by atoms with Crippen molar-refractivity contribution in [1.82, 2.24) is 0 Å². The minimum Gasteiger partial charge on any atom is -0.365 e. The lowest BCUT2D eigenvalue weighted by atomic mass is 10.5. The molecule has 0 aromatic heterocycles. The molecule has 0 spiro atoms. The molecule has 0 aromatic carbocycles. The summed E-state index contributed by atoms with van der Waals surface area (Å²) in [6.07, 6.45) is 6.46. The Balaban J connectivity index is 2.69. The molecule has 1 heterocycles. The number of oxime groups is 1. The van der Waals surface area contributed by atoms with Crippen LogP contribution >= 0.6 is 0 Å². The molecule has 0 saturated heterocycles. The first-order valence-electron chi connectivity index (χ1n) is 2.43. The van der Waals surface area contributed by atoms with Gasteiger partial charge in [0.25, 0.3) is 0 Å². The van der Waals surface area contributed by atoms with Crippen LogP contribution in [-0.4, -0.2) is 6.19 Å². The molecule has 0 fully saturated rings. The third-order valence-electron chi connectivity index (χ3n) is 0.527. The maximum Gasteiger partial charge on any atom is 0.122 e. The van der Waals surface area contributed by atoms with E-state index in [1.54, 1.807) is 18.2 Å². The average molecular weight is 96.1 g/mol. The fraction of sp³-hybridized carbons (Fsp3) is 0. The van der Waals surface area contributed by atoms with Gasteiger partial charge in [-0.3, -0.25) is 0 Å². The third-order valence-corrected chi connectivity index (χ3v) is 0.527. The van der Waals surface area contributed by atoms with Crippen LogP contribution in [0.3, 0.4) is 0 Å². The summed E-state index contributed by atoms with van der Waals surface area (Å²) in [7, 11) is 0. The summed E-state index contributed by atoms with van der Waals surface area (Å²) in [5.74, 6) is 0. The van der Waals surface area contributed by atoms with E-state index in [1.165, 1.54) is 6.26 Å². The number of hydrogen-bond acceptors (Lipinski definition) is 2. The maximum atomic E-state index is 6.91. The van der Waals surface area contributed by atoms with Gasteiger partial charge in [0, 0.05) is 0 Å². The third kappa shape index (κ3) is 1.22. The summed E-state index contributed by atoms with van der Waals surface area (Å²) in [4.78, 5) is 4.46. The second-order valence-electron chi connectivity index (χ2n) is 1.01. The monoisotopic (exact) mass is 96.0 g/mol. The van der Waals surface area contributed by atoms with Crippen molar-refractivity contribution >= 4 is 6.19 Å². The van der Waals surface area contributed by atoms with Crippen LogP contribution in [0.25, 0.3) is 0 Å². The molecule has 1 aliphatic rings. The predicted octanol–water partition coefficient (Wildman–Crippen LogP) is 1.07. The summed E-state index contributed by atoms with van der Waals surface area (Å²) in [5, 5.41) is 3.33. The standard InChI is InChI=1S/C5H5NO/c1-2-4-6-7-5-3-1/h1-5H/i4D. The van der Waals surface area contributed by atoms with Gasteiger partial charge in [0.2, 0.25) is 0 Å². The molecule has 7 heavy (non-hydrogen) atoms. The van der Waals surface area contributed by atoms with Gasteiger partial charge in [0.15, 0.2) is 0 Å². The maximum absolute atomic E-state index is 6.91. The van der Waals surface area contributed by atoms with Crippen molar-refractivity contribution in [3.8, 4) is 0 Å². The Labute approximate surface area is 43.2 Å². The number of hydrogen-bond donors (Lipinski definition) is 0. The lowest BCUT2D eigenvalue weighted by Gasteiger charge is -1.77. The summed E-state index contributed by atoms with van der Waals surface area (Å²) in [5.41, 5.74) is 0. The van der Waals surface area contributed by atoms with Gasteiger partial charge in [0.1, 0.15) is 6.26 Å². The highest BCUT2D eigenvalue weighted by atomic mass is 16.6. The molecule has 2 heteroatoms. The molecule has 0 radical (unpaired) electrons. The Morgan fingerprint density at radius 2 is 2.43 bits per heavy atom. The molecular formula is C5H5NO. The van der Waals surface area contributed by atoms with E-state index in [9.17, 15) is 0 Å². The van der Waals surface area contributed by atoms with Crippen molar-refractivity contribution in [3.63, 3.8) is 0 Å². The minimum absolute atomic E-state index is 0.134. The second-order valence-corrected chi connectivity index (χ2v) is 1.01. The minimum atomic E-state index is 0.134. The number of allylic oxidation sites excluding steroid dienone is 3. The van der Waals surface area contributed by atoms with Crippen molar-refractivity contribution < 1.29 is 6.21 Å². The largest absolute Gasteiger partial charge is 0.365 e. The van der Waals surface area contributed by atoms with Crippen LogP contribution in [0.15, 0.2) is 29.6 Å². The molecule has 0 aliphatic carbocycles. The highest BCUT2D eigenvalue weighted by Gasteiger charge is 1.70. The molecule has 0 bridgehead atoms. The Morgan fingerprint density at radius 1 is 1.43 bits per heavy atom. The van der Waals surface area contributed by atoms with E-state index in [2.05, 4.69) is 9.99 Å². The lowest BCUT2D eigenvalue weighted by Crippen LogP contribution is -1.61. The van der Waals surface area contributed by atoms with Gasteiger partial charge in [-0.25, -0.2) is 0 Å². The van der Waals surface area contributed by atoms with E-state index in [0.29, 0.717) is 0 Å². The lowest BCUT2D eigenvalue weighted by molar-refractivity contribution is 0.271. The van der Waals surface area contributed by atoms with Crippen LogP contribution in [0, 0.1) is 0 Å². The topological polar surface area (TPSA) is 21.6 Å². The summed E-state index contributed by atoms with van der Waals surface area (Å²) in [6, 6.07) is 0. The SMILES string of the molecule is [2H]C1=NOC=CC=C1. The molecule has 0 amide bonds. The first-order chi connectivity index (χ1) is 3.89. The molecule has 0 N–H and O–H groups in total. The van der Waals surface area contributed by atoms with Crippen LogP contribution in [0.5, 0.6) is 0 Å². The van der Waals surface area contributed by atoms with E-state index in [1.807, 2.05) is 0 Å². The van der Waals surface area contributed by atoms with Crippen molar-refractivity contribution in [3.05, 3.63) is 24.5 Å². The Bertz CT molecular complexity index is 157. The zero-order valence-electron chi connectivity index (χ0n) is 4.66. The molecule has 0 atom stereocenters. The fourth-order valence-electron chi connectivity index (χ4n) is 0.270. The smallest absolute Gasteiger partial charge is 0.122 e. The molecule has 36 valence electrons. The van der Waals surface area contributed by atoms with Crippen LogP contribution in [0.4, 0.5) is 0 Å². The van der Waals surface area contributed by atoms with Gasteiger partial charge in [0.05, 0.1) is 7.56 Å². The van der Waals surface area contributed by atoms with Gasteiger partial charge in [-0.15, -0.1) is 0 Å².